The average Bonchev–Trinajstić information content (AvgIpc) is 2.75. The van der Waals surface area contributed by atoms with Crippen LogP contribution in [-0.4, -0.2) is 110 Å². The first-order valence-corrected chi connectivity index (χ1v) is 10.7. The van der Waals surface area contributed by atoms with Gasteiger partial charge in [0.05, 0.1) is 92.3 Å². The summed E-state index contributed by atoms with van der Waals surface area (Å²) in [4.78, 5) is 10.3. The molecule has 1 heterocycles. The van der Waals surface area contributed by atoms with Crippen molar-refractivity contribution in [3.8, 4) is 0 Å². The zero-order chi connectivity index (χ0) is 21.5. The zero-order valence-corrected chi connectivity index (χ0v) is 17.9. The lowest BCUT2D eigenvalue weighted by atomic mass is 10.2. The lowest BCUT2D eigenvalue weighted by Gasteiger charge is -2.22. The number of rotatable bonds is 22. The van der Waals surface area contributed by atoms with Gasteiger partial charge in [0.2, 0.25) is 0 Å². The predicted molar refractivity (Wildman–Crippen MR) is 107 cm³/mol. The van der Waals surface area contributed by atoms with Crippen LogP contribution in [-0.2, 0) is 42.7 Å². The van der Waals surface area contributed by atoms with Gasteiger partial charge in [-0.3, -0.25) is 4.79 Å². The maximum atomic E-state index is 10.3. The quantitative estimate of drug-likeness (QED) is 0.247. The topological polar surface area (TPSA) is 111 Å². The average molecular weight is 439 g/mol. The third kappa shape index (κ3) is 19.1. The van der Waals surface area contributed by atoms with Gasteiger partial charge in [0.25, 0.3) is 0 Å². The molecular weight excluding hydrogens is 400 g/mol. The smallest absolute Gasteiger partial charge is 0.305 e. The third-order valence-electron chi connectivity index (χ3n) is 3.99. The van der Waals surface area contributed by atoms with Gasteiger partial charge < -0.3 is 43.0 Å². The molecule has 1 rings (SSSR count). The number of hydrogen-bond acceptors (Lipinski definition) is 9. The van der Waals surface area contributed by atoms with Gasteiger partial charge >= 0.3 is 5.97 Å². The molecule has 0 aromatic rings. The van der Waals surface area contributed by atoms with Gasteiger partial charge in [-0.05, 0) is 19.3 Å². The highest BCUT2D eigenvalue weighted by molar-refractivity contribution is 5.66. The van der Waals surface area contributed by atoms with Gasteiger partial charge in [-0.1, -0.05) is 0 Å². The van der Waals surface area contributed by atoms with Crippen LogP contribution in [0.3, 0.4) is 0 Å². The molecule has 0 radical (unpaired) electrons. The summed E-state index contributed by atoms with van der Waals surface area (Å²) in [6.45, 7) is 6.88. The molecule has 10 heteroatoms. The van der Waals surface area contributed by atoms with E-state index in [1.807, 2.05) is 0 Å². The fraction of sp³-hybridized carbons (Fsp3) is 0.950. The monoisotopic (exact) mass is 438 g/mol. The van der Waals surface area contributed by atoms with Crippen molar-refractivity contribution >= 4 is 5.97 Å². The van der Waals surface area contributed by atoms with Crippen LogP contribution >= 0.6 is 0 Å². The van der Waals surface area contributed by atoms with Crippen molar-refractivity contribution < 1.29 is 47.8 Å². The van der Waals surface area contributed by atoms with Crippen LogP contribution < -0.4 is 0 Å². The van der Waals surface area contributed by atoms with Crippen LogP contribution in [0.25, 0.3) is 0 Å². The minimum absolute atomic E-state index is 0.00783. The molecule has 1 atom stereocenters. The van der Waals surface area contributed by atoms with Gasteiger partial charge in [-0.2, -0.15) is 0 Å². The second kappa shape index (κ2) is 21.4. The molecule has 10 nitrogen and oxygen atoms in total. The summed E-state index contributed by atoms with van der Waals surface area (Å²) in [5.41, 5.74) is 0. The first-order valence-electron chi connectivity index (χ1n) is 10.7. The lowest BCUT2D eigenvalue weighted by Crippen LogP contribution is -2.24. The van der Waals surface area contributed by atoms with E-state index in [-0.39, 0.29) is 19.3 Å². The van der Waals surface area contributed by atoms with Crippen molar-refractivity contribution in [2.45, 2.75) is 32.0 Å². The fourth-order valence-corrected chi connectivity index (χ4v) is 2.44. The first-order chi connectivity index (χ1) is 14.8. The highest BCUT2D eigenvalue weighted by atomic mass is 16.7. The molecule has 178 valence electrons. The Morgan fingerprint density at radius 1 is 0.667 bits per heavy atom. The predicted octanol–water partition coefficient (Wildman–Crippen LogP) is 1.10. The third-order valence-corrected chi connectivity index (χ3v) is 3.99. The molecule has 1 aliphatic heterocycles. The number of ether oxygens (including phenoxy) is 8. The van der Waals surface area contributed by atoms with E-state index in [0.717, 1.165) is 25.9 Å². The lowest BCUT2D eigenvalue weighted by molar-refractivity contribution is -0.169. The van der Waals surface area contributed by atoms with Crippen LogP contribution in [0, 0.1) is 0 Å². The Hall–Kier alpha value is -0.850. The van der Waals surface area contributed by atoms with Crippen LogP contribution in [0.15, 0.2) is 0 Å². The van der Waals surface area contributed by atoms with Crippen molar-refractivity contribution in [2.75, 3.05) is 92.5 Å². The summed E-state index contributed by atoms with van der Waals surface area (Å²) in [6, 6.07) is 0. The summed E-state index contributed by atoms with van der Waals surface area (Å²) < 4.78 is 43.1. The van der Waals surface area contributed by atoms with Gasteiger partial charge in [0, 0.05) is 6.61 Å². The molecule has 1 aliphatic rings. The molecule has 0 amide bonds. The molecule has 1 unspecified atom stereocenters. The van der Waals surface area contributed by atoms with Crippen LogP contribution in [0.2, 0.25) is 0 Å². The summed E-state index contributed by atoms with van der Waals surface area (Å²) in [7, 11) is 0. The van der Waals surface area contributed by atoms with E-state index >= 15 is 0 Å². The molecule has 0 spiro atoms. The molecule has 1 saturated heterocycles. The Morgan fingerprint density at radius 3 is 1.50 bits per heavy atom. The van der Waals surface area contributed by atoms with E-state index in [1.165, 1.54) is 0 Å². The van der Waals surface area contributed by atoms with Crippen molar-refractivity contribution in [1.82, 2.24) is 0 Å². The van der Waals surface area contributed by atoms with Gasteiger partial charge in [0.1, 0.15) is 0 Å². The Labute approximate surface area is 179 Å². The molecule has 1 N–H and O–H groups in total. The highest BCUT2D eigenvalue weighted by Crippen LogP contribution is 2.13. The van der Waals surface area contributed by atoms with E-state index in [9.17, 15) is 4.79 Å². The standard InChI is InChI=1S/C20H38O10/c21-19(22)4-6-23-7-8-24-9-10-25-11-12-26-13-14-27-15-16-28-17-18-30-20-3-1-2-5-29-20/h20H,1-18H2,(H,21,22). The number of aliphatic carboxylic acids is 1. The van der Waals surface area contributed by atoms with Crippen molar-refractivity contribution in [3.63, 3.8) is 0 Å². The zero-order valence-electron chi connectivity index (χ0n) is 17.9. The normalized spacial score (nSPS) is 16.7. The SMILES string of the molecule is O=C(O)CCOCCOCCOCCOCCOCCOCCOC1CCCCO1. The number of hydrogen-bond donors (Lipinski definition) is 1. The molecule has 0 saturated carbocycles. The maximum Gasteiger partial charge on any atom is 0.305 e. The number of carboxylic acids is 1. The Bertz CT molecular complexity index is 377. The van der Waals surface area contributed by atoms with E-state index in [0.29, 0.717) is 79.3 Å². The minimum atomic E-state index is -0.867. The molecule has 0 bridgehead atoms. The van der Waals surface area contributed by atoms with Crippen molar-refractivity contribution in [1.29, 1.82) is 0 Å². The summed E-state index contributed by atoms with van der Waals surface area (Å²) in [5.74, 6) is -0.867. The summed E-state index contributed by atoms with van der Waals surface area (Å²) >= 11 is 0. The Morgan fingerprint density at radius 2 is 1.10 bits per heavy atom. The molecule has 0 aromatic heterocycles. The number of carbonyl (C=O) groups is 1. The minimum Gasteiger partial charge on any atom is -0.481 e. The first kappa shape index (κ1) is 27.2. The maximum absolute atomic E-state index is 10.3. The van der Waals surface area contributed by atoms with E-state index in [1.54, 1.807) is 0 Å². The van der Waals surface area contributed by atoms with Gasteiger partial charge in [0.15, 0.2) is 6.29 Å². The van der Waals surface area contributed by atoms with Crippen LogP contribution in [0.4, 0.5) is 0 Å². The largest absolute Gasteiger partial charge is 0.481 e. The molecule has 0 aromatic carbocycles. The second-order valence-corrected chi connectivity index (χ2v) is 6.48. The fourth-order valence-electron chi connectivity index (χ4n) is 2.44. The van der Waals surface area contributed by atoms with Gasteiger partial charge in [-0.25, -0.2) is 0 Å². The summed E-state index contributed by atoms with van der Waals surface area (Å²) in [5, 5.41) is 8.44. The molecular formula is C20H38O10. The van der Waals surface area contributed by atoms with Crippen molar-refractivity contribution in [2.24, 2.45) is 0 Å². The summed E-state index contributed by atoms with van der Waals surface area (Å²) in [6.07, 6.45) is 3.19. The van der Waals surface area contributed by atoms with E-state index in [4.69, 9.17) is 43.0 Å². The highest BCUT2D eigenvalue weighted by Gasteiger charge is 2.13. The van der Waals surface area contributed by atoms with Crippen LogP contribution in [0.5, 0.6) is 0 Å². The Balaban J connectivity index is 1.64. The van der Waals surface area contributed by atoms with Crippen LogP contribution in [0.1, 0.15) is 25.7 Å². The molecule has 30 heavy (non-hydrogen) atoms. The molecule has 1 fully saturated rings. The van der Waals surface area contributed by atoms with Crippen molar-refractivity contribution in [3.05, 3.63) is 0 Å². The van der Waals surface area contributed by atoms with E-state index < -0.39 is 5.97 Å². The van der Waals surface area contributed by atoms with E-state index in [2.05, 4.69) is 0 Å². The molecule has 0 aliphatic carbocycles. The number of carboxylic acid groups (broad SMARTS) is 1. The second-order valence-electron chi connectivity index (χ2n) is 6.48. The Kier molecular flexibility index (Phi) is 19.4. The van der Waals surface area contributed by atoms with Gasteiger partial charge in [-0.15, -0.1) is 0 Å².